The van der Waals surface area contributed by atoms with Gasteiger partial charge in [0.1, 0.15) is 6.04 Å². The number of fused-ring (bicyclic) bond motifs is 5. The average molecular weight is 369 g/mol. The van der Waals surface area contributed by atoms with E-state index in [0.717, 1.165) is 29.7 Å². The number of carbonyl (C=O) groups excluding carboxylic acids is 4. The third-order valence-corrected chi connectivity index (χ3v) is 6.41. The summed E-state index contributed by atoms with van der Waals surface area (Å²) in [7, 11) is 0. The van der Waals surface area contributed by atoms with Crippen LogP contribution in [0, 0.1) is 30.6 Å². The Morgan fingerprint density at radius 2 is 1.63 bits per heavy atom. The van der Waals surface area contributed by atoms with Crippen LogP contribution in [-0.4, -0.2) is 41.1 Å². The minimum Gasteiger partial charge on any atom is -0.456 e. The summed E-state index contributed by atoms with van der Waals surface area (Å²) in [6, 6.07) is 5.98. The maximum absolute atomic E-state index is 12.8. The molecule has 6 heteroatoms. The smallest absolute Gasteiger partial charge is 0.329 e. The molecule has 3 aliphatic rings. The van der Waals surface area contributed by atoms with Gasteiger partial charge in [0.15, 0.2) is 12.4 Å². The van der Waals surface area contributed by atoms with E-state index in [1.54, 1.807) is 12.1 Å². The highest BCUT2D eigenvalue weighted by Crippen LogP contribution is 2.56. The first-order valence-electron chi connectivity index (χ1n) is 9.52. The van der Waals surface area contributed by atoms with Crippen molar-refractivity contribution >= 4 is 23.6 Å². The van der Waals surface area contributed by atoms with Crippen molar-refractivity contribution in [2.24, 2.45) is 23.7 Å². The van der Waals surface area contributed by atoms with Gasteiger partial charge in [0.05, 0.1) is 11.8 Å². The average Bonchev–Trinajstić information content (AvgIpc) is 3.33. The second-order valence-electron chi connectivity index (χ2n) is 8.00. The zero-order valence-corrected chi connectivity index (χ0v) is 15.5. The van der Waals surface area contributed by atoms with E-state index in [9.17, 15) is 19.2 Å². The predicted molar refractivity (Wildman–Crippen MR) is 95.6 cm³/mol. The Hall–Kier alpha value is -2.50. The number of hydrogen-bond donors (Lipinski definition) is 0. The molecular weight excluding hydrogens is 346 g/mol. The number of aryl methyl sites for hydroxylation is 1. The van der Waals surface area contributed by atoms with Gasteiger partial charge in [-0.2, -0.15) is 0 Å². The molecule has 3 fully saturated rings. The van der Waals surface area contributed by atoms with Crippen LogP contribution in [0.15, 0.2) is 24.3 Å². The standard InChI is InChI=1S/C21H23NO5/c1-11-3-5-13(6-4-11)16(23)10-27-21(26)12(2)22-19(24)17-14-7-8-15(9-14)18(17)20(22)25/h3-6,12,14-15,17-18H,7-10H2,1-2H3/t12-,14-,15-,17+,18+/m0/s1. The van der Waals surface area contributed by atoms with Crippen LogP contribution in [0.5, 0.6) is 0 Å². The van der Waals surface area contributed by atoms with E-state index in [1.165, 1.54) is 6.92 Å². The van der Waals surface area contributed by atoms with Crippen molar-refractivity contribution in [1.82, 2.24) is 4.90 Å². The Bertz CT molecular complexity index is 786. The summed E-state index contributed by atoms with van der Waals surface area (Å²) in [5.74, 6) is -1.51. The number of hydrogen-bond acceptors (Lipinski definition) is 5. The summed E-state index contributed by atoms with van der Waals surface area (Å²) < 4.78 is 5.12. The summed E-state index contributed by atoms with van der Waals surface area (Å²) in [5, 5.41) is 0. The van der Waals surface area contributed by atoms with E-state index in [1.807, 2.05) is 19.1 Å². The van der Waals surface area contributed by atoms with E-state index < -0.39 is 18.6 Å². The molecule has 4 rings (SSSR count). The van der Waals surface area contributed by atoms with Crippen molar-refractivity contribution in [3.63, 3.8) is 0 Å². The zero-order valence-electron chi connectivity index (χ0n) is 15.5. The maximum atomic E-state index is 12.8. The molecule has 0 unspecified atom stereocenters. The molecule has 1 aliphatic heterocycles. The molecule has 1 aromatic carbocycles. The van der Waals surface area contributed by atoms with Crippen molar-refractivity contribution in [2.45, 2.75) is 39.2 Å². The highest BCUT2D eigenvalue weighted by atomic mass is 16.5. The normalized spacial score (nSPS) is 29.8. The number of carbonyl (C=O) groups is 4. The first-order valence-corrected chi connectivity index (χ1v) is 9.52. The molecule has 1 heterocycles. The lowest BCUT2D eigenvalue weighted by atomic mass is 9.81. The molecule has 2 aliphatic carbocycles. The zero-order chi connectivity index (χ0) is 19.3. The Morgan fingerprint density at radius 3 is 2.19 bits per heavy atom. The third-order valence-electron chi connectivity index (χ3n) is 6.41. The van der Waals surface area contributed by atoms with Crippen LogP contribution in [0.1, 0.15) is 42.1 Å². The molecule has 5 atom stereocenters. The molecule has 1 aromatic rings. The molecule has 2 saturated carbocycles. The highest BCUT2D eigenvalue weighted by Gasteiger charge is 2.62. The number of benzene rings is 1. The van der Waals surface area contributed by atoms with Crippen LogP contribution in [0.2, 0.25) is 0 Å². The first kappa shape index (κ1) is 17.9. The second-order valence-corrected chi connectivity index (χ2v) is 8.00. The topological polar surface area (TPSA) is 80.8 Å². The predicted octanol–water partition coefficient (Wildman–Crippen LogP) is 2.14. The van der Waals surface area contributed by atoms with E-state index in [0.29, 0.717) is 5.56 Å². The van der Waals surface area contributed by atoms with E-state index >= 15 is 0 Å². The number of Topliss-reactive ketones (excluding diaryl/α,β-unsaturated/α-hetero) is 1. The molecular formula is C21H23NO5. The number of imide groups is 1. The number of nitrogens with zero attached hydrogens (tertiary/aromatic N) is 1. The van der Waals surface area contributed by atoms with Gasteiger partial charge in [0.2, 0.25) is 11.8 Å². The van der Waals surface area contributed by atoms with E-state index in [2.05, 4.69) is 0 Å². The van der Waals surface area contributed by atoms with Crippen LogP contribution >= 0.6 is 0 Å². The van der Waals surface area contributed by atoms with Gasteiger partial charge < -0.3 is 4.74 Å². The van der Waals surface area contributed by atoms with Gasteiger partial charge in [-0.3, -0.25) is 19.3 Å². The highest BCUT2D eigenvalue weighted by molar-refractivity contribution is 6.08. The lowest BCUT2D eigenvalue weighted by Gasteiger charge is -2.22. The summed E-state index contributed by atoms with van der Waals surface area (Å²) in [6.45, 7) is 3.01. The summed E-state index contributed by atoms with van der Waals surface area (Å²) >= 11 is 0. The molecule has 0 spiro atoms. The Labute approximate surface area is 157 Å². The molecule has 6 nitrogen and oxygen atoms in total. The van der Waals surface area contributed by atoms with Crippen LogP contribution in [0.25, 0.3) is 0 Å². The van der Waals surface area contributed by atoms with Crippen LogP contribution in [0.3, 0.4) is 0 Å². The minimum absolute atomic E-state index is 0.244. The summed E-state index contributed by atoms with van der Waals surface area (Å²) in [6.07, 6.45) is 2.93. The van der Waals surface area contributed by atoms with Gasteiger partial charge in [0, 0.05) is 5.56 Å². The fraction of sp³-hybridized carbons (Fsp3) is 0.524. The Balaban J connectivity index is 1.39. The second kappa shape index (κ2) is 6.59. The van der Waals surface area contributed by atoms with Gasteiger partial charge in [-0.15, -0.1) is 0 Å². The first-order chi connectivity index (χ1) is 12.9. The number of rotatable bonds is 5. The molecule has 2 bridgehead atoms. The SMILES string of the molecule is Cc1ccc(C(=O)COC(=O)[C@H](C)N2C(=O)[C@@H]3[C@H]4CC[C@@H](C4)[C@H]3C2=O)cc1. The third kappa shape index (κ3) is 2.87. The monoisotopic (exact) mass is 369 g/mol. The molecule has 142 valence electrons. The van der Waals surface area contributed by atoms with Crippen LogP contribution in [0.4, 0.5) is 0 Å². The Kier molecular flexibility index (Phi) is 4.36. The lowest BCUT2D eigenvalue weighted by molar-refractivity contribution is -0.157. The number of amides is 2. The lowest BCUT2D eigenvalue weighted by Crippen LogP contribution is -2.45. The number of ketones is 1. The van der Waals surface area contributed by atoms with Crippen molar-refractivity contribution in [3.05, 3.63) is 35.4 Å². The summed E-state index contributed by atoms with van der Waals surface area (Å²) in [4.78, 5) is 51.1. The molecule has 0 N–H and O–H groups in total. The van der Waals surface area contributed by atoms with Crippen LogP contribution < -0.4 is 0 Å². The minimum atomic E-state index is -0.999. The summed E-state index contributed by atoms with van der Waals surface area (Å²) in [5.41, 5.74) is 1.49. The van der Waals surface area contributed by atoms with Crippen molar-refractivity contribution in [2.75, 3.05) is 6.61 Å². The molecule has 2 amide bonds. The van der Waals surface area contributed by atoms with Gasteiger partial charge >= 0.3 is 5.97 Å². The largest absolute Gasteiger partial charge is 0.456 e. The van der Waals surface area contributed by atoms with Crippen molar-refractivity contribution in [3.8, 4) is 0 Å². The number of ether oxygens (including phenoxy) is 1. The fourth-order valence-electron chi connectivity index (χ4n) is 5.00. The van der Waals surface area contributed by atoms with Gasteiger partial charge in [-0.1, -0.05) is 29.8 Å². The molecule has 0 aromatic heterocycles. The molecule has 0 radical (unpaired) electrons. The van der Waals surface area contributed by atoms with E-state index in [-0.39, 0.29) is 41.3 Å². The number of likely N-dealkylation sites (tertiary alicyclic amines) is 1. The van der Waals surface area contributed by atoms with Crippen LogP contribution in [-0.2, 0) is 19.1 Å². The quantitative estimate of drug-likeness (QED) is 0.451. The Morgan fingerprint density at radius 1 is 1.07 bits per heavy atom. The molecule has 1 saturated heterocycles. The molecule has 27 heavy (non-hydrogen) atoms. The maximum Gasteiger partial charge on any atom is 0.329 e. The van der Waals surface area contributed by atoms with Crippen molar-refractivity contribution in [1.29, 1.82) is 0 Å². The van der Waals surface area contributed by atoms with Gasteiger partial charge in [-0.25, -0.2) is 4.79 Å². The number of esters is 1. The van der Waals surface area contributed by atoms with Gasteiger partial charge in [0.25, 0.3) is 0 Å². The van der Waals surface area contributed by atoms with Gasteiger partial charge in [-0.05, 0) is 44.9 Å². The van der Waals surface area contributed by atoms with E-state index in [4.69, 9.17) is 4.74 Å². The van der Waals surface area contributed by atoms with Crippen molar-refractivity contribution < 1.29 is 23.9 Å². The fourth-order valence-corrected chi connectivity index (χ4v) is 5.00.